The van der Waals surface area contributed by atoms with Gasteiger partial charge in [0.1, 0.15) is 0 Å². The highest BCUT2D eigenvalue weighted by atomic mass is 19.4. The molecule has 1 aromatic rings. The first kappa shape index (κ1) is 15.3. The summed E-state index contributed by atoms with van der Waals surface area (Å²) in [6.07, 6.45) is -5.24. The summed E-state index contributed by atoms with van der Waals surface area (Å²) >= 11 is 0. The van der Waals surface area contributed by atoms with E-state index >= 15 is 0 Å². The van der Waals surface area contributed by atoms with Gasteiger partial charge in [-0.1, -0.05) is 0 Å². The molecule has 106 valence electrons. The zero-order chi connectivity index (χ0) is 14.6. The highest BCUT2D eigenvalue weighted by Crippen LogP contribution is 2.25. The van der Waals surface area contributed by atoms with Crippen LogP contribution in [0.2, 0.25) is 0 Å². The van der Waals surface area contributed by atoms with Gasteiger partial charge in [0, 0.05) is 12.1 Å². The average molecular weight is 277 g/mol. The highest BCUT2D eigenvalue weighted by molar-refractivity contribution is 5.98. The summed E-state index contributed by atoms with van der Waals surface area (Å²) in [6.45, 7) is -0.473. The van der Waals surface area contributed by atoms with Crippen molar-refractivity contribution in [2.45, 2.75) is 12.6 Å². The van der Waals surface area contributed by atoms with E-state index < -0.39 is 24.1 Å². The largest absolute Gasteiger partial charge is 0.504 e. The number of benzene rings is 1. The monoisotopic (exact) mass is 277 g/mol. The van der Waals surface area contributed by atoms with Crippen LogP contribution in [-0.2, 0) is 0 Å². The number of alkyl halides is 3. The Labute approximate surface area is 108 Å². The van der Waals surface area contributed by atoms with Gasteiger partial charge in [-0.05, 0) is 25.2 Å². The Morgan fingerprint density at radius 1 is 1.26 bits per heavy atom. The second kappa shape index (κ2) is 5.92. The summed E-state index contributed by atoms with van der Waals surface area (Å²) in [6, 6.07) is 3.53. The SMILES string of the molecule is CN(CCC(F)(F)F)CC(=O)c1ccc(O)c(O)c1. The Morgan fingerprint density at radius 2 is 1.89 bits per heavy atom. The standard InChI is InChI=1S/C12H14F3NO3/c1-16(5-4-12(13,14)15)7-11(19)8-2-3-9(17)10(18)6-8/h2-3,6,17-18H,4-5,7H2,1H3. The van der Waals surface area contributed by atoms with Gasteiger partial charge >= 0.3 is 6.18 Å². The Hall–Kier alpha value is -1.76. The van der Waals surface area contributed by atoms with Gasteiger partial charge in [-0.15, -0.1) is 0 Å². The summed E-state index contributed by atoms with van der Waals surface area (Å²) < 4.78 is 36.0. The van der Waals surface area contributed by atoms with Crippen molar-refractivity contribution >= 4 is 5.78 Å². The maximum absolute atomic E-state index is 12.0. The number of carbonyl (C=O) groups is 1. The molecule has 0 spiro atoms. The first-order chi connectivity index (χ1) is 8.69. The molecular formula is C12H14F3NO3. The summed E-state index contributed by atoms with van der Waals surface area (Å²) in [7, 11) is 1.41. The van der Waals surface area contributed by atoms with Crippen molar-refractivity contribution in [2.24, 2.45) is 0 Å². The van der Waals surface area contributed by atoms with E-state index in [1.54, 1.807) is 0 Å². The molecule has 19 heavy (non-hydrogen) atoms. The number of nitrogens with zero attached hydrogens (tertiary/aromatic N) is 1. The predicted octanol–water partition coefficient (Wildman–Crippen LogP) is 2.16. The van der Waals surface area contributed by atoms with Crippen LogP contribution in [0.25, 0.3) is 0 Å². The number of aromatic hydroxyl groups is 2. The smallest absolute Gasteiger partial charge is 0.390 e. The van der Waals surface area contributed by atoms with Gasteiger partial charge in [-0.2, -0.15) is 13.2 Å². The molecule has 1 rings (SSSR count). The third kappa shape index (κ3) is 5.17. The maximum Gasteiger partial charge on any atom is 0.390 e. The Bertz CT molecular complexity index is 460. The van der Waals surface area contributed by atoms with Gasteiger partial charge in [0.25, 0.3) is 0 Å². The Balaban J connectivity index is 2.57. The van der Waals surface area contributed by atoms with E-state index in [-0.39, 0.29) is 24.4 Å². The van der Waals surface area contributed by atoms with Crippen LogP contribution in [0.5, 0.6) is 11.5 Å². The fraction of sp³-hybridized carbons (Fsp3) is 0.417. The molecule has 0 atom stereocenters. The first-order valence-electron chi connectivity index (χ1n) is 5.49. The number of hydrogen-bond donors (Lipinski definition) is 2. The molecule has 0 heterocycles. The van der Waals surface area contributed by atoms with E-state index in [0.717, 1.165) is 12.1 Å². The molecule has 0 saturated heterocycles. The first-order valence-corrected chi connectivity index (χ1v) is 5.49. The van der Waals surface area contributed by atoms with Crippen LogP contribution in [-0.4, -0.2) is 47.2 Å². The van der Waals surface area contributed by atoms with Crippen LogP contribution >= 0.6 is 0 Å². The van der Waals surface area contributed by atoms with Crippen LogP contribution in [0.1, 0.15) is 16.8 Å². The number of hydrogen-bond acceptors (Lipinski definition) is 4. The van der Waals surface area contributed by atoms with Crippen molar-refractivity contribution in [1.29, 1.82) is 0 Å². The summed E-state index contributed by atoms with van der Waals surface area (Å²) in [5.74, 6) is -1.23. The lowest BCUT2D eigenvalue weighted by atomic mass is 10.1. The number of Topliss-reactive ketones (excluding diaryl/α,β-unsaturated/α-hetero) is 1. The van der Waals surface area contributed by atoms with Crippen molar-refractivity contribution < 1.29 is 28.2 Å². The van der Waals surface area contributed by atoms with Gasteiger partial charge in [0.2, 0.25) is 0 Å². The molecule has 0 bridgehead atoms. The number of halogens is 3. The Morgan fingerprint density at radius 3 is 2.42 bits per heavy atom. The lowest BCUT2D eigenvalue weighted by Gasteiger charge is -2.16. The third-order valence-corrected chi connectivity index (χ3v) is 2.49. The van der Waals surface area contributed by atoms with Crippen LogP contribution < -0.4 is 0 Å². The van der Waals surface area contributed by atoms with Gasteiger partial charge in [-0.3, -0.25) is 9.69 Å². The molecule has 0 radical (unpaired) electrons. The zero-order valence-electron chi connectivity index (χ0n) is 10.2. The molecule has 0 fully saturated rings. The summed E-state index contributed by atoms with van der Waals surface area (Å²) in [4.78, 5) is 13.0. The van der Waals surface area contributed by atoms with E-state index in [9.17, 15) is 23.1 Å². The maximum atomic E-state index is 12.0. The van der Waals surface area contributed by atoms with Crippen molar-refractivity contribution in [3.8, 4) is 11.5 Å². The lowest BCUT2D eigenvalue weighted by Crippen LogP contribution is -2.29. The zero-order valence-corrected chi connectivity index (χ0v) is 10.2. The van der Waals surface area contributed by atoms with Gasteiger partial charge in [0.15, 0.2) is 17.3 Å². The van der Waals surface area contributed by atoms with Crippen molar-refractivity contribution in [2.75, 3.05) is 20.1 Å². The molecule has 2 N–H and O–H groups in total. The molecule has 0 aliphatic heterocycles. The number of rotatable bonds is 5. The van der Waals surface area contributed by atoms with Crippen molar-refractivity contribution in [3.05, 3.63) is 23.8 Å². The molecule has 0 aromatic heterocycles. The average Bonchev–Trinajstić information content (AvgIpc) is 2.29. The molecule has 4 nitrogen and oxygen atoms in total. The lowest BCUT2D eigenvalue weighted by molar-refractivity contribution is -0.137. The van der Waals surface area contributed by atoms with Crippen LogP contribution in [0.4, 0.5) is 13.2 Å². The van der Waals surface area contributed by atoms with Gasteiger partial charge in [0.05, 0.1) is 13.0 Å². The predicted molar refractivity (Wildman–Crippen MR) is 62.3 cm³/mol. The molecule has 7 heteroatoms. The minimum atomic E-state index is -4.26. The fourth-order valence-electron chi connectivity index (χ4n) is 1.43. The normalized spacial score (nSPS) is 11.8. The van der Waals surface area contributed by atoms with Gasteiger partial charge < -0.3 is 10.2 Å². The molecule has 0 aliphatic carbocycles. The molecule has 0 unspecified atom stereocenters. The quantitative estimate of drug-likeness (QED) is 0.639. The molecular weight excluding hydrogens is 263 g/mol. The number of likely N-dealkylation sites (N-methyl/N-ethyl adjacent to an activating group) is 1. The topological polar surface area (TPSA) is 60.8 Å². The second-order valence-corrected chi connectivity index (χ2v) is 4.23. The van der Waals surface area contributed by atoms with Crippen molar-refractivity contribution in [3.63, 3.8) is 0 Å². The molecule has 1 aromatic carbocycles. The van der Waals surface area contributed by atoms with E-state index in [4.69, 9.17) is 5.11 Å². The Kier molecular flexibility index (Phi) is 4.77. The summed E-state index contributed by atoms with van der Waals surface area (Å²) in [5, 5.41) is 18.3. The minimum Gasteiger partial charge on any atom is -0.504 e. The van der Waals surface area contributed by atoms with Gasteiger partial charge in [-0.25, -0.2) is 0 Å². The van der Waals surface area contributed by atoms with Crippen molar-refractivity contribution in [1.82, 2.24) is 4.90 Å². The van der Waals surface area contributed by atoms with E-state index in [2.05, 4.69) is 0 Å². The number of phenols is 2. The number of ketones is 1. The highest BCUT2D eigenvalue weighted by Gasteiger charge is 2.27. The third-order valence-electron chi connectivity index (χ3n) is 2.49. The van der Waals surface area contributed by atoms with Crippen LogP contribution in [0.15, 0.2) is 18.2 Å². The second-order valence-electron chi connectivity index (χ2n) is 4.23. The number of carbonyl (C=O) groups excluding carboxylic acids is 1. The van der Waals surface area contributed by atoms with E-state index in [0.29, 0.717) is 0 Å². The molecule has 0 saturated carbocycles. The molecule has 0 aliphatic rings. The van der Waals surface area contributed by atoms with Crippen LogP contribution in [0, 0.1) is 0 Å². The number of phenolic OH excluding ortho intramolecular Hbond substituents is 2. The van der Waals surface area contributed by atoms with Crippen LogP contribution in [0.3, 0.4) is 0 Å². The summed E-state index contributed by atoms with van der Waals surface area (Å²) in [5.41, 5.74) is 0.133. The fourth-order valence-corrected chi connectivity index (χ4v) is 1.43. The van der Waals surface area contributed by atoms with E-state index in [1.807, 2.05) is 0 Å². The minimum absolute atomic E-state index is 0.133. The molecule has 0 amide bonds. The van der Waals surface area contributed by atoms with E-state index in [1.165, 1.54) is 18.0 Å².